The number of ether oxygens (including phenoxy) is 1. The van der Waals surface area contributed by atoms with E-state index in [1.807, 2.05) is 6.92 Å². The molecule has 0 saturated carbocycles. The lowest BCUT2D eigenvalue weighted by atomic mass is 10.1. The number of nitrogens with zero attached hydrogens (tertiary/aromatic N) is 2. The average Bonchev–Trinajstić information content (AvgIpc) is 3.26. The maximum atomic E-state index is 12.5. The molecule has 0 atom stereocenters. The van der Waals surface area contributed by atoms with Crippen LogP contribution in [0.4, 0.5) is 0 Å². The van der Waals surface area contributed by atoms with Crippen LogP contribution in [-0.4, -0.2) is 52.3 Å². The Balaban J connectivity index is 1.81. The Bertz CT molecular complexity index is 872. The number of benzene rings is 1. The van der Waals surface area contributed by atoms with Gasteiger partial charge in [-0.2, -0.15) is 0 Å². The standard InChI is InChI=1S/C21H22N2O9/c1-2-3-4-9-30-15-11-13(20(28)31-22-16(24)5-6-17(22)25)10-14(12-15)21(29)32-23-18(26)7-8-19(23)27/h10-12H,2-9H2,1H3. The fraction of sp³-hybridized carbons (Fsp3) is 0.429. The molecule has 3 rings (SSSR count). The molecule has 2 aliphatic heterocycles. The number of carbonyl (C=O) groups excluding carboxylic acids is 6. The van der Waals surface area contributed by atoms with Crippen molar-refractivity contribution >= 4 is 35.6 Å². The highest BCUT2D eigenvalue weighted by molar-refractivity contribution is 6.04. The van der Waals surface area contributed by atoms with Gasteiger partial charge in [0, 0.05) is 25.7 Å². The van der Waals surface area contributed by atoms with Crippen LogP contribution in [0, 0.1) is 0 Å². The lowest BCUT2D eigenvalue weighted by Gasteiger charge is -2.15. The van der Waals surface area contributed by atoms with Crippen molar-refractivity contribution in [3.05, 3.63) is 29.3 Å². The highest BCUT2D eigenvalue weighted by Crippen LogP contribution is 2.22. The summed E-state index contributed by atoms with van der Waals surface area (Å²) in [7, 11) is 0. The van der Waals surface area contributed by atoms with E-state index in [0.29, 0.717) is 16.7 Å². The van der Waals surface area contributed by atoms with E-state index in [0.717, 1.165) is 25.3 Å². The van der Waals surface area contributed by atoms with Crippen molar-refractivity contribution in [2.24, 2.45) is 0 Å². The molecule has 2 aliphatic rings. The maximum Gasteiger partial charge on any atom is 0.364 e. The van der Waals surface area contributed by atoms with E-state index in [-0.39, 0.29) is 42.6 Å². The molecule has 2 saturated heterocycles. The zero-order valence-corrected chi connectivity index (χ0v) is 17.5. The van der Waals surface area contributed by atoms with Crippen molar-refractivity contribution in [1.82, 2.24) is 10.1 Å². The molecule has 11 heteroatoms. The van der Waals surface area contributed by atoms with Gasteiger partial charge in [0.25, 0.3) is 23.6 Å². The summed E-state index contributed by atoms with van der Waals surface area (Å²) in [5.74, 6) is -4.59. The van der Waals surface area contributed by atoms with Crippen LogP contribution in [0.5, 0.6) is 5.75 Å². The van der Waals surface area contributed by atoms with Crippen LogP contribution in [0.25, 0.3) is 0 Å². The Hall–Kier alpha value is -3.76. The van der Waals surface area contributed by atoms with Gasteiger partial charge in [0.15, 0.2) is 0 Å². The molecule has 11 nitrogen and oxygen atoms in total. The van der Waals surface area contributed by atoms with Crippen LogP contribution in [-0.2, 0) is 28.9 Å². The molecule has 0 bridgehead atoms. The summed E-state index contributed by atoms with van der Waals surface area (Å²) in [4.78, 5) is 81.7. The normalized spacial score (nSPS) is 16.0. The molecule has 0 radical (unpaired) electrons. The van der Waals surface area contributed by atoms with Crippen molar-refractivity contribution in [3.63, 3.8) is 0 Å². The maximum absolute atomic E-state index is 12.5. The van der Waals surface area contributed by atoms with Gasteiger partial charge in [-0.15, -0.1) is 10.1 Å². The molecule has 4 amide bonds. The molecule has 1 aromatic carbocycles. The number of hydrogen-bond acceptors (Lipinski definition) is 9. The van der Waals surface area contributed by atoms with E-state index in [1.54, 1.807) is 0 Å². The van der Waals surface area contributed by atoms with Crippen molar-refractivity contribution in [1.29, 1.82) is 0 Å². The first-order chi connectivity index (χ1) is 15.3. The number of rotatable bonds is 9. The van der Waals surface area contributed by atoms with Crippen molar-refractivity contribution in [2.75, 3.05) is 6.61 Å². The number of imide groups is 2. The third-order valence-electron chi connectivity index (χ3n) is 4.75. The highest BCUT2D eigenvalue weighted by atomic mass is 16.7. The van der Waals surface area contributed by atoms with Crippen molar-refractivity contribution in [2.45, 2.75) is 51.9 Å². The minimum Gasteiger partial charge on any atom is -0.494 e. The molecule has 0 aliphatic carbocycles. The first-order valence-electron chi connectivity index (χ1n) is 10.2. The summed E-state index contributed by atoms with van der Waals surface area (Å²) in [6.07, 6.45) is 2.34. The lowest BCUT2D eigenvalue weighted by molar-refractivity contribution is -0.173. The second kappa shape index (κ2) is 10.0. The monoisotopic (exact) mass is 446 g/mol. The second-order valence-electron chi connectivity index (χ2n) is 7.22. The Morgan fingerprint density at radius 2 is 1.19 bits per heavy atom. The fourth-order valence-electron chi connectivity index (χ4n) is 3.05. The predicted octanol–water partition coefficient (Wildman–Crippen LogP) is 1.70. The fourth-order valence-corrected chi connectivity index (χ4v) is 3.05. The molecular weight excluding hydrogens is 424 g/mol. The largest absolute Gasteiger partial charge is 0.494 e. The molecule has 32 heavy (non-hydrogen) atoms. The van der Waals surface area contributed by atoms with Gasteiger partial charge in [-0.1, -0.05) is 19.8 Å². The second-order valence-corrected chi connectivity index (χ2v) is 7.22. The number of hydroxylamine groups is 4. The van der Waals surface area contributed by atoms with E-state index in [4.69, 9.17) is 14.4 Å². The Labute approximate surface area is 183 Å². The minimum atomic E-state index is -1.06. The van der Waals surface area contributed by atoms with Gasteiger partial charge >= 0.3 is 11.9 Å². The molecule has 0 aromatic heterocycles. The SMILES string of the molecule is CCCCCOc1cc(C(=O)ON2C(=O)CCC2=O)cc(C(=O)ON2C(=O)CCC2=O)c1. The molecule has 2 fully saturated rings. The van der Waals surface area contributed by atoms with Crippen molar-refractivity contribution < 1.29 is 43.2 Å². The van der Waals surface area contributed by atoms with Crippen LogP contribution < -0.4 is 4.74 Å². The van der Waals surface area contributed by atoms with Crippen molar-refractivity contribution in [3.8, 4) is 5.75 Å². The summed E-state index contributed by atoms with van der Waals surface area (Å²) in [5.41, 5.74) is -0.368. The zero-order valence-electron chi connectivity index (χ0n) is 17.5. The minimum absolute atomic E-state index is 0.0673. The van der Waals surface area contributed by atoms with E-state index in [1.165, 1.54) is 12.1 Å². The van der Waals surface area contributed by atoms with Gasteiger partial charge in [0.2, 0.25) is 0 Å². The number of unbranched alkanes of at least 4 members (excludes halogenated alkanes) is 2. The molecule has 0 N–H and O–H groups in total. The number of hydrogen-bond donors (Lipinski definition) is 0. The smallest absolute Gasteiger partial charge is 0.364 e. The van der Waals surface area contributed by atoms with Gasteiger partial charge in [-0.3, -0.25) is 19.2 Å². The van der Waals surface area contributed by atoms with Crippen LogP contribution in [0.2, 0.25) is 0 Å². The van der Waals surface area contributed by atoms with E-state index in [2.05, 4.69) is 0 Å². The zero-order chi connectivity index (χ0) is 23.3. The first-order valence-corrected chi connectivity index (χ1v) is 10.2. The lowest BCUT2D eigenvalue weighted by Crippen LogP contribution is -2.33. The van der Waals surface area contributed by atoms with Gasteiger partial charge in [0.05, 0.1) is 17.7 Å². The summed E-state index contributed by atoms with van der Waals surface area (Å²) in [6.45, 7) is 2.33. The van der Waals surface area contributed by atoms with Crippen LogP contribution >= 0.6 is 0 Å². The molecule has 0 unspecified atom stereocenters. The molecule has 1 aromatic rings. The molecule has 0 spiro atoms. The molecular formula is C21H22N2O9. The predicted molar refractivity (Wildman–Crippen MR) is 104 cm³/mol. The number of amides is 4. The summed E-state index contributed by atoms with van der Waals surface area (Å²) in [6, 6.07) is 3.68. The Morgan fingerprint density at radius 3 is 1.59 bits per heavy atom. The highest BCUT2D eigenvalue weighted by Gasteiger charge is 2.35. The molecule has 170 valence electrons. The quantitative estimate of drug-likeness (QED) is 0.410. The average molecular weight is 446 g/mol. The third-order valence-corrected chi connectivity index (χ3v) is 4.75. The van der Waals surface area contributed by atoms with Gasteiger partial charge in [0.1, 0.15) is 5.75 Å². The van der Waals surface area contributed by atoms with Crippen LogP contribution in [0.3, 0.4) is 0 Å². The summed E-state index contributed by atoms with van der Waals surface area (Å²) in [5, 5.41) is 0.771. The Kier molecular flexibility index (Phi) is 7.18. The number of carbonyl (C=O) groups is 6. The van der Waals surface area contributed by atoms with Gasteiger partial charge in [-0.25, -0.2) is 9.59 Å². The van der Waals surface area contributed by atoms with E-state index < -0.39 is 35.6 Å². The third kappa shape index (κ3) is 5.29. The first kappa shape index (κ1) is 22.9. The van der Waals surface area contributed by atoms with Crippen LogP contribution in [0.1, 0.15) is 72.6 Å². The van der Waals surface area contributed by atoms with E-state index >= 15 is 0 Å². The topological polar surface area (TPSA) is 137 Å². The summed E-state index contributed by atoms with van der Waals surface area (Å²) < 4.78 is 5.60. The van der Waals surface area contributed by atoms with Gasteiger partial charge < -0.3 is 14.4 Å². The Morgan fingerprint density at radius 1 is 0.750 bits per heavy atom. The molecule has 2 heterocycles. The van der Waals surface area contributed by atoms with Gasteiger partial charge in [-0.05, 0) is 24.6 Å². The van der Waals surface area contributed by atoms with Crippen LogP contribution in [0.15, 0.2) is 18.2 Å². The summed E-state index contributed by atoms with van der Waals surface area (Å²) >= 11 is 0. The van der Waals surface area contributed by atoms with E-state index in [9.17, 15) is 28.8 Å².